The van der Waals surface area contributed by atoms with E-state index in [-0.39, 0.29) is 17.4 Å². The van der Waals surface area contributed by atoms with Crippen molar-refractivity contribution in [1.82, 2.24) is 15.5 Å². The van der Waals surface area contributed by atoms with Gasteiger partial charge in [-0.2, -0.15) is 0 Å². The maximum absolute atomic E-state index is 12.1. The molecule has 128 valence electrons. The smallest absolute Gasteiger partial charge is 0.251 e. The van der Waals surface area contributed by atoms with Crippen molar-refractivity contribution < 1.29 is 13.2 Å². The van der Waals surface area contributed by atoms with Gasteiger partial charge in [0.25, 0.3) is 5.91 Å². The third-order valence-electron chi connectivity index (χ3n) is 3.87. The molecule has 2 N–H and O–H groups in total. The predicted octanol–water partition coefficient (Wildman–Crippen LogP) is 0.256. The largest absolute Gasteiger partial charge is 0.351 e. The van der Waals surface area contributed by atoms with Crippen LogP contribution in [0.3, 0.4) is 0 Å². The Morgan fingerprint density at radius 2 is 1.96 bits per heavy atom. The topological polar surface area (TPSA) is 78.5 Å². The van der Waals surface area contributed by atoms with Crippen LogP contribution in [0, 0.1) is 0 Å². The first-order valence-electron chi connectivity index (χ1n) is 8.01. The highest BCUT2D eigenvalue weighted by atomic mass is 32.2. The summed E-state index contributed by atoms with van der Waals surface area (Å²) in [5.74, 6) is 0.362. The second-order valence-electron chi connectivity index (χ2n) is 5.74. The minimum atomic E-state index is -2.86. The molecule has 1 aliphatic heterocycles. The molecule has 0 unspecified atom stereocenters. The van der Waals surface area contributed by atoms with Crippen LogP contribution in [0.15, 0.2) is 24.3 Å². The number of nitrogens with zero attached hydrogens (tertiary/aromatic N) is 1. The first kappa shape index (κ1) is 17.9. The summed E-state index contributed by atoms with van der Waals surface area (Å²) in [7, 11) is -2.86. The number of sulfone groups is 1. The lowest BCUT2D eigenvalue weighted by atomic mass is 10.1. The zero-order valence-corrected chi connectivity index (χ0v) is 14.4. The summed E-state index contributed by atoms with van der Waals surface area (Å²) in [5.41, 5.74) is 1.67. The molecule has 0 saturated carbocycles. The van der Waals surface area contributed by atoms with Crippen molar-refractivity contribution in [2.45, 2.75) is 13.5 Å². The molecule has 0 aliphatic carbocycles. The summed E-state index contributed by atoms with van der Waals surface area (Å²) in [5, 5.41) is 6.04. The van der Waals surface area contributed by atoms with Crippen LogP contribution < -0.4 is 10.6 Å². The van der Waals surface area contributed by atoms with Gasteiger partial charge in [0.15, 0.2) is 9.84 Å². The maximum atomic E-state index is 12.1. The Balaban J connectivity index is 1.88. The molecule has 0 atom stereocenters. The van der Waals surface area contributed by atoms with Crippen molar-refractivity contribution >= 4 is 15.7 Å². The van der Waals surface area contributed by atoms with E-state index in [0.29, 0.717) is 31.7 Å². The summed E-state index contributed by atoms with van der Waals surface area (Å²) in [6.07, 6.45) is 0. The molecule has 1 fully saturated rings. The van der Waals surface area contributed by atoms with Gasteiger partial charge in [-0.3, -0.25) is 9.69 Å². The summed E-state index contributed by atoms with van der Waals surface area (Å²) in [6.45, 7) is 6.05. The first-order valence-corrected chi connectivity index (χ1v) is 9.83. The molecule has 0 spiro atoms. The van der Waals surface area contributed by atoms with Gasteiger partial charge in [0.05, 0.1) is 11.5 Å². The Morgan fingerprint density at radius 3 is 2.65 bits per heavy atom. The van der Waals surface area contributed by atoms with Crippen molar-refractivity contribution in [3.8, 4) is 0 Å². The minimum Gasteiger partial charge on any atom is -0.351 e. The van der Waals surface area contributed by atoms with Gasteiger partial charge in [0.2, 0.25) is 0 Å². The average Bonchev–Trinajstić information content (AvgIpc) is 2.54. The van der Waals surface area contributed by atoms with Gasteiger partial charge in [-0.25, -0.2) is 8.42 Å². The number of carbonyl (C=O) groups is 1. The minimum absolute atomic E-state index is 0.0778. The van der Waals surface area contributed by atoms with Gasteiger partial charge in [0, 0.05) is 38.3 Å². The van der Waals surface area contributed by atoms with E-state index < -0.39 is 9.84 Å². The van der Waals surface area contributed by atoms with E-state index in [2.05, 4.69) is 15.5 Å². The molecule has 1 aromatic rings. The third-order valence-corrected chi connectivity index (χ3v) is 5.48. The second kappa shape index (κ2) is 8.42. The van der Waals surface area contributed by atoms with Crippen LogP contribution in [0.4, 0.5) is 0 Å². The van der Waals surface area contributed by atoms with E-state index in [4.69, 9.17) is 0 Å². The molecular formula is C16H25N3O3S. The van der Waals surface area contributed by atoms with E-state index in [0.717, 1.165) is 18.7 Å². The van der Waals surface area contributed by atoms with Gasteiger partial charge >= 0.3 is 0 Å². The van der Waals surface area contributed by atoms with Gasteiger partial charge in [0.1, 0.15) is 0 Å². The van der Waals surface area contributed by atoms with Crippen molar-refractivity contribution in [1.29, 1.82) is 0 Å². The van der Waals surface area contributed by atoms with E-state index in [1.165, 1.54) is 0 Å². The van der Waals surface area contributed by atoms with E-state index in [1.54, 1.807) is 6.07 Å². The molecule has 6 nitrogen and oxygen atoms in total. The van der Waals surface area contributed by atoms with E-state index in [1.807, 2.05) is 25.1 Å². The van der Waals surface area contributed by atoms with Crippen LogP contribution in [0.25, 0.3) is 0 Å². The van der Waals surface area contributed by atoms with Crippen molar-refractivity contribution in [2.75, 3.05) is 44.2 Å². The molecule has 1 heterocycles. The Labute approximate surface area is 138 Å². The second-order valence-corrected chi connectivity index (χ2v) is 8.04. The average molecular weight is 339 g/mol. The Morgan fingerprint density at radius 1 is 1.22 bits per heavy atom. The number of nitrogens with one attached hydrogen (secondary N) is 2. The number of benzene rings is 1. The van der Waals surface area contributed by atoms with Gasteiger partial charge in [-0.1, -0.05) is 19.1 Å². The molecule has 1 amide bonds. The van der Waals surface area contributed by atoms with Crippen LogP contribution in [-0.4, -0.2) is 63.5 Å². The highest BCUT2D eigenvalue weighted by molar-refractivity contribution is 7.91. The lowest BCUT2D eigenvalue weighted by Crippen LogP contribution is -2.39. The van der Waals surface area contributed by atoms with Crippen molar-refractivity contribution in [2.24, 2.45) is 0 Å². The summed E-state index contributed by atoms with van der Waals surface area (Å²) >= 11 is 0. The maximum Gasteiger partial charge on any atom is 0.251 e. The molecule has 1 aliphatic rings. The third kappa shape index (κ3) is 5.93. The van der Waals surface area contributed by atoms with Gasteiger partial charge < -0.3 is 10.6 Å². The lowest BCUT2D eigenvalue weighted by molar-refractivity contribution is 0.0954. The monoisotopic (exact) mass is 339 g/mol. The summed E-state index contributed by atoms with van der Waals surface area (Å²) in [6, 6.07) is 7.52. The molecule has 0 aromatic heterocycles. The molecule has 1 saturated heterocycles. The highest BCUT2D eigenvalue weighted by Gasteiger charge is 2.21. The highest BCUT2D eigenvalue weighted by Crippen LogP contribution is 2.11. The summed E-state index contributed by atoms with van der Waals surface area (Å²) in [4.78, 5) is 14.2. The van der Waals surface area contributed by atoms with Crippen LogP contribution in [0.1, 0.15) is 22.8 Å². The first-order chi connectivity index (χ1) is 11.0. The van der Waals surface area contributed by atoms with Gasteiger partial charge in [-0.15, -0.1) is 0 Å². The Hall–Kier alpha value is -1.44. The van der Waals surface area contributed by atoms with Crippen molar-refractivity contribution in [3.05, 3.63) is 35.4 Å². The van der Waals surface area contributed by atoms with Crippen LogP contribution in [-0.2, 0) is 16.4 Å². The fraction of sp³-hybridized carbons (Fsp3) is 0.562. The zero-order chi connectivity index (χ0) is 16.7. The number of hydrogen-bond donors (Lipinski definition) is 2. The summed E-state index contributed by atoms with van der Waals surface area (Å²) < 4.78 is 22.9. The lowest BCUT2D eigenvalue weighted by Gasteiger charge is -2.26. The Kier molecular flexibility index (Phi) is 6.56. The zero-order valence-electron chi connectivity index (χ0n) is 13.5. The van der Waals surface area contributed by atoms with E-state index >= 15 is 0 Å². The molecular weight excluding hydrogens is 314 g/mol. The standard InChI is InChI=1S/C16H25N3O3S/c1-2-17-6-7-18-16(20)15-5-3-4-14(12-15)13-19-8-10-23(21,22)11-9-19/h3-5,12,17H,2,6-11,13H2,1H3,(H,18,20). The van der Waals surface area contributed by atoms with Crippen LogP contribution >= 0.6 is 0 Å². The van der Waals surface area contributed by atoms with Crippen LogP contribution in [0.5, 0.6) is 0 Å². The molecule has 1 aromatic carbocycles. The fourth-order valence-corrected chi connectivity index (χ4v) is 3.80. The molecule has 23 heavy (non-hydrogen) atoms. The Bertz CT molecular complexity index is 617. The van der Waals surface area contributed by atoms with E-state index in [9.17, 15) is 13.2 Å². The van der Waals surface area contributed by atoms with Gasteiger partial charge in [-0.05, 0) is 24.2 Å². The van der Waals surface area contributed by atoms with Crippen molar-refractivity contribution in [3.63, 3.8) is 0 Å². The molecule has 0 radical (unpaired) electrons. The number of carbonyl (C=O) groups excluding carboxylic acids is 1. The quantitative estimate of drug-likeness (QED) is 0.697. The molecule has 7 heteroatoms. The molecule has 0 bridgehead atoms. The molecule has 2 rings (SSSR count). The SMILES string of the molecule is CCNCCNC(=O)c1cccc(CN2CCS(=O)(=O)CC2)c1. The predicted molar refractivity (Wildman–Crippen MR) is 91.2 cm³/mol. The number of amides is 1. The normalized spacial score (nSPS) is 17.8. The number of rotatable bonds is 7. The van der Waals surface area contributed by atoms with Crippen LogP contribution in [0.2, 0.25) is 0 Å². The number of hydrogen-bond acceptors (Lipinski definition) is 5. The fourth-order valence-electron chi connectivity index (χ4n) is 2.52. The number of likely N-dealkylation sites (N-methyl/N-ethyl adjacent to an activating group) is 1.